The molecular weight excluding hydrogens is 373 g/mol. The molecule has 2 aromatic rings. The van der Waals surface area contributed by atoms with E-state index in [4.69, 9.17) is 0 Å². The number of halogens is 2. The van der Waals surface area contributed by atoms with Gasteiger partial charge >= 0.3 is 0 Å². The SMILES string of the molecule is Cc1nc(-c2cccc(C(=O)N3CCC4(CCNC4)CC3)c2)n[nH]1.Cl.Cl. The van der Waals surface area contributed by atoms with E-state index in [-0.39, 0.29) is 30.7 Å². The number of nitrogens with one attached hydrogen (secondary N) is 2. The lowest BCUT2D eigenvalue weighted by Gasteiger charge is -2.38. The van der Waals surface area contributed by atoms with Crippen LogP contribution in [0.4, 0.5) is 0 Å². The first kappa shape index (κ1) is 20.7. The van der Waals surface area contributed by atoms with Crippen molar-refractivity contribution in [2.45, 2.75) is 26.2 Å². The van der Waals surface area contributed by atoms with Gasteiger partial charge in [0.2, 0.25) is 0 Å². The molecule has 26 heavy (non-hydrogen) atoms. The Bertz CT molecular complexity index is 748. The number of hydrogen-bond donors (Lipinski definition) is 2. The summed E-state index contributed by atoms with van der Waals surface area (Å²) in [6, 6.07) is 7.62. The van der Waals surface area contributed by atoms with Crippen LogP contribution < -0.4 is 5.32 Å². The normalized spacial score (nSPS) is 18.3. The molecular formula is C18H25Cl2N5O. The first-order valence-electron chi connectivity index (χ1n) is 8.65. The van der Waals surface area contributed by atoms with Crippen LogP contribution in [-0.2, 0) is 0 Å². The van der Waals surface area contributed by atoms with Crippen molar-refractivity contribution >= 4 is 30.7 Å². The van der Waals surface area contributed by atoms with E-state index < -0.39 is 0 Å². The van der Waals surface area contributed by atoms with Gasteiger partial charge in [-0.05, 0) is 50.3 Å². The number of aromatic nitrogens is 3. The van der Waals surface area contributed by atoms with Crippen LogP contribution in [0.3, 0.4) is 0 Å². The first-order chi connectivity index (χ1) is 11.7. The molecule has 1 aromatic carbocycles. The summed E-state index contributed by atoms with van der Waals surface area (Å²) in [4.78, 5) is 19.2. The summed E-state index contributed by atoms with van der Waals surface area (Å²) in [6.45, 7) is 5.79. The number of aryl methyl sites for hydroxylation is 1. The molecule has 3 heterocycles. The summed E-state index contributed by atoms with van der Waals surface area (Å²) >= 11 is 0. The zero-order valence-corrected chi connectivity index (χ0v) is 16.5. The minimum atomic E-state index is 0. The van der Waals surface area contributed by atoms with E-state index in [0.717, 1.165) is 56.0 Å². The van der Waals surface area contributed by atoms with Gasteiger partial charge in [-0.2, -0.15) is 5.10 Å². The average molecular weight is 398 g/mol. The molecule has 8 heteroatoms. The zero-order valence-electron chi connectivity index (χ0n) is 14.8. The third-order valence-corrected chi connectivity index (χ3v) is 5.41. The van der Waals surface area contributed by atoms with Crippen LogP contribution in [0.1, 0.15) is 35.4 Å². The van der Waals surface area contributed by atoms with Gasteiger partial charge in [0.05, 0.1) is 0 Å². The van der Waals surface area contributed by atoms with Crippen LogP contribution in [0, 0.1) is 12.3 Å². The number of likely N-dealkylation sites (tertiary alicyclic amines) is 1. The molecule has 2 fully saturated rings. The van der Waals surface area contributed by atoms with Crippen molar-refractivity contribution in [3.63, 3.8) is 0 Å². The topological polar surface area (TPSA) is 73.9 Å². The smallest absolute Gasteiger partial charge is 0.253 e. The summed E-state index contributed by atoms with van der Waals surface area (Å²) in [5.74, 6) is 1.52. The van der Waals surface area contributed by atoms with Crippen molar-refractivity contribution in [1.29, 1.82) is 0 Å². The second-order valence-corrected chi connectivity index (χ2v) is 7.04. The van der Waals surface area contributed by atoms with Crippen LogP contribution in [0.5, 0.6) is 0 Å². The van der Waals surface area contributed by atoms with Crippen LogP contribution in [0.25, 0.3) is 11.4 Å². The van der Waals surface area contributed by atoms with Crippen molar-refractivity contribution in [1.82, 2.24) is 25.4 Å². The molecule has 2 saturated heterocycles. The minimum Gasteiger partial charge on any atom is -0.339 e. The van der Waals surface area contributed by atoms with Gasteiger partial charge in [0.25, 0.3) is 5.91 Å². The summed E-state index contributed by atoms with van der Waals surface area (Å²) in [7, 11) is 0. The van der Waals surface area contributed by atoms with E-state index in [1.165, 1.54) is 6.42 Å². The van der Waals surface area contributed by atoms with Crippen LogP contribution in [-0.4, -0.2) is 52.2 Å². The van der Waals surface area contributed by atoms with Gasteiger partial charge in [0.1, 0.15) is 5.82 Å². The molecule has 1 spiro atoms. The highest BCUT2D eigenvalue weighted by Crippen LogP contribution is 2.37. The highest BCUT2D eigenvalue weighted by Gasteiger charge is 2.38. The molecule has 1 aromatic heterocycles. The monoisotopic (exact) mass is 397 g/mol. The highest BCUT2D eigenvalue weighted by molar-refractivity contribution is 5.95. The molecule has 0 atom stereocenters. The molecule has 142 valence electrons. The van der Waals surface area contributed by atoms with Gasteiger partial charge in [-0.15, -0.1) is 24.8 Å². The van der Waals surface area contributed by atoms with Crippen molar-refractivity contribution in [2.24, 2.45) is 5.41 Å². The van der Waals surface area contributed by atoms with E-state index in [2.05, 4.69) is 20.5 Å². The first-order valence-corrected chi connectivity index (χ1v) is 8.65. The Labute approximate surface area is 166 Å². The lowest BCUT2D eigenvalue weighted by atomic mass is 9.78. The van der Waals surface area contributed by atoms with Gasteiger partial charge in [-0.1, -0.05) is 12.1 Å². The maximum atomic E-state index is 12.9. The number of piperidine rings is 1. The summed E-state index contributed by atoms with van der Waals surface area (Å²) in [6.07, 6.45) is 3.45. The molecule has 0 bridgehead atoms. The average Bonchev–Trinajstić information content (AvgIpc) is 3.25. The fourth-order valence-electron chi connectivity index (χ4n) is 3.85. The maximum Gasteiger partial charge on any atom is 0.253 e. The predicted octanol–water partition coefficient (Wildman–Crippen LogP) is 2.84. The number of rotatable bonds is 2. The Balaban J connectivity index is 0.00000121. The summed E-state index contributed by atoms with van der Waals surface area (Å²) in [5.41, 5.74) is 2.02. The minimum absolute atomic E-state index is 0. The fourth-order valence-corrected chi connectivity index (χ4v) is 3.85. The summed E-state index contributed by atoms with van der Waals surface area (Å²) < 4.78 is 0. The Morgan fingerprint density at radius 3 is 2.58 bits per heavy atom. The Morgan fingerprint density at radius 1 is 1.19 bits per heavy atom. The van der Waals surface area contributed by atoms with E-state index in [9.17, 15) is 4.79 Å². The molecule has 4 rings (SSSR count). The van der Waals surface area contributed by atoms with Gasteiger partial charge in [0, 0.05) is 30.8 Å². The van der Waals surface area contributed by atoms with Gasteiger partial charge in [-0.3, -0.25) is 9.89 Å². The predicted molar refractivity (Wildman–Crippen MR) is 106 cm³/mol. The van der Waals surface area contributed by atoms with Crippen molar-refractivity contribution in [3.8, 4) is 11.4 Å². The number of carbonyl (C=O) groups is 1. The molecule has 0 saturated carbocycles. The van der Waals surface area contributed by atoms with E-state index in [1.807, 2.05) is 36.1 Å². The largest absolute Gasteiger partial charge is 0.339 e. The summed E-state index contributed by atoms with van der Waals surface area (Å²) in [5, 5.41) is 10.5. The Hall–Kier alpha value is -1.63. The zero-order chi connectivity index (χ0) is 16.6. The molecule has 0 unspecified atom stereocenters. The number of amides is 1. The molecule has 0 radical (unpaired) electrons. The van der Waals surface area contributed by atoms with Crippen molar-refractivity contribution < 1.29 is 4.79 Å². The van der Waals surface area contributed by atoms with E-state index in [1.54, 1.807) is 0 Å². The number of hydrogen-bond acceptors (Lipinski definition) is 4. The maximum absolute atomic E-state index is 12.9. The van der Waals surface area contributed by atoms with Crippen LogP contribution in [0.15, 0.2) is 24.3 Å². The third-order valence-electron chi connectivity index (χ3n) is 5.41. The van der Waals surface area contributed by atoms with E-state index in [0.29, 0.717) is 11.2 Å². The number of aromatic amines is 1. The van der Waals surface area contributed by atoms with Crippen molar-refractivity contribution in [3.05, 3.63) is 35.7 Å². The second-order valence-electron chi connectivity index (χ2n) is 7.04. The van der Waals surface area contributed by atoms with Crippen LogP contribution >= 0.6 is 24.8 Å². The quantitative estimate of drug-likeness (QED) is 0.816. The lowest BCUT2D eigenvalue weighted by molar-refractivity contribution is 0.0608. The molecule has 0 aliphatic carbocycles. The number of H-pyrrole nitrogens is 1. The highest BCUT2D eigenvalue weighted by atomic mass is 35.5. The third kappa shape index (κ3) is 4.03. The number of benzene rings is 1. The van der Waals surface area contributed by atoms with Crippen LogP contribution in [0.2, 0.25) is 0 Å². The Morgan fingerprint density at radius 2 is 1.96 bits per heavy atom. The standard InChI is InChI=1S/C18H23N5O.2ClH/c1-13-20-16(22-21-13)14-3-2-4-15(11-14)17(24)23-9-6-18(7-10-23)5-8-19-12-18;;/h2-4,11,19H,5-10,12H2,1H3,(H,20,21,22);2*1H. The second kappa shape index (κ2) is 8.37. The molecule has 2 N–H and O–H groups in total. The Kier molecular flexibility index (Phi) is 6.66. The van der Waals surface area contributed by atoms with E-state index >= 15 is 0 Å². The number of carbonyl (C=O) groups excluding carboxylic acids is 1. The fraction of sp³-hybridized carbons (Fsp3) is 0.500. The lowest BCUT2D eigenvalue weighted by Crippen LogP contribution is -2.44. The van der Waals surface area contributed by atoms with Gasteiger partial charge in [-0.25, -0.2) is 4.98 Å². The number of nitrogens with zero attached hydrogens (tertiary/aromatic N) is 3. The molecule has 6 nitrogen and oxygen atoms in total. The van der Waals surface area contributed by atoms with Gasteiger partial charge < -0.3 is 10.2 Å². The van der Waals surface area contributed by atoms with Crippen molar-refractivity contribution in [2.75, 3.05) is 26.2 Å². The molecule has 2 aliphatic heterocycles. The molecule has 1 amide bonds. The van der Waals surface area contributed by atoms with Gasteiger partial charge in [0.15, 0.2) is 5.82 Å². The molecule has 2 aliphatic rings.